The Morgan fingerprint density at radius 3 is 2.47 bits per heavy atom. The van der Waals surface area contributed by atoms with Gasteiger partial charge in [-0.1, -0.05) is 26.0 Å². The second-order valence-electron chi connectivity index (χ2n) is 3.66. The van der Waals surface area contributed by atoms with E-state index < -0.39 is 0 Å². The predicted molar refractivity (Wildman–Crippen MR) is 67.5 cm³/mol. The third-order valence-corrected chi connectivity index (χ3v) is 2.28. The average molecular weight is 235 g/mol. The number of nitro groups is 1. The molecular formula is C13H17NO3. The molecule has 0 aromatic heterocycles. The van der Waals surface area contributed by atoms with Gasteiger partial charge in [-0.3, -0.25) is 10.1 Å². The Kier molecular flexibility index (Phi) is 5.20. The molecule has 1 aromatic rings. The van der Waals surface area contributed by atoms with E-state index in [1.807, 2.05) is 31.2 Å². The highest BCUT2D eigenvalue weighted by Gasteiger charge is 2.06. The predicted octanol–water partition coefficient (Wildman–Crippen LogP) is 3.50. The molecule has 0 aliphatic rings. The average Bonchev–Trinajstić information content (AvgIpc) is 2.34. The summed E-state index contributed by atoms with van der Waals surface area (Å²) in [6.07, 6.45) is 2.97. The fourth-order valence-corrected chi connectivity index (χ4v) is 1.36. The topological polar surface area (TPSA) is 52.4 Å². The van der Waals surface area contributed by atoms with Crippen molar-refractivity contribution in [3.05, 3.63) is 45.6 Å². The molecule has 0 unspecified atom stereocenters. The number of allylic oxidation sites excluding steroid dienone is 1. The van der Waals surface area contributed by atoms with E-state index in [1.165, 1.54) is 0 Å². The van der Waals surface area contributed by atoms with Crippen LogP contribution < -0.4 is 4.74 Å². The van der Waals surface area contributed by atoms with Crippen LogP contribution in [-0.2, 0) is 0 Å². The van der Waals surface area contributed by atoms with Gasteiger partial charge < -0.3 is 4.74 Å². The summed E-state index contributed by atoms with van der Waals surface area (Å²) in [6, 6.07) is 7.30. The van der Waals surface area contributed by atoms with Crippen LogP contribution in [0.4, 0.5) is 0 Å². The molecule has 0 saturated carbocycles. The second-order valence-corrected chi connectivity index (χ2v) is 3.66. The standard InChI is InChI=1S/C13H17NO3/c1-3-9-17-13-7-5-11(6-8-13)10-12(4-2)14(15)16/h5-8,10H,3-4,9H2,1-2H3/b12-10-. The van der Waals surface area contributed by atoms with Crippen LogP contribution in [0.1, 0.15) is 32.3 Å². The van der Waals surface area contributed by atoms with E-state index in [2.05, 4.69) is 0 Å². The van der Waals surface area contributed by atoms with Gasteiger partial charge in [0.25, 0.3) is 0 Å². The maximum absolute atomic E-state index is 10.7. The number of ether oxygens (including phenoxy) is 1. The first-order chi connectivity index (χ1) is 8.17. The van der Waals surface area contributed by atoms with E-state index in [4.69, 9.17) is 4.74 Å². The van der Waals surface area contributed by atoms with Crippen LogP contribution in [-0.4, -0.2) is 11.5 Å². The zero-order valence-electron chi connectivity index (χ0n) is 10.2. The highest BCUT2D eigenvalue weighted by molar-refractivity contribution is 5.52. The largest absolute Gasteiger partial charge is 0.494 e. The zero-order valence-corrected chi connectivity index (χ0v) is 10.2. The molecule has 0 saturated heterocycles. The van der Waals surface area contributed by atoms with E-state index in [0.29, 0.717) is 13.0 Å². The van der Waals surface area contributed by atoms with Crippen molar-refractivity contribution >= 4 is 6.08 Å². The van der Waals surface area contributed by atoms with E-state index in [9.17, 15) is 10.1 Å². The van der Waals surface area contributed by atoms with E-state index in [0.717, 1.165) is 17.7 Å². The Bertz CT molecular complexity index is 396. The van der Waals surface area contributed by atoms with Gasteiger partial charge >= 0.3 is 0 Å². The highest BCUT2D eigenvalue weighted by atomic mass is 16.6. The van der Waals surface area contributed by atoms with Gasteiger partial charge in [0, 0.05) is 12.5 Å². The van der Waals surface area contributed by atoms with Crippen molar-refractivity contribution in [3.63, 3.8) is 0 Å². The fraction of sp³-hybridized carbons (Fsp3) is 0.385. The van der Waals surface area contributed by atoms with Crippen LogP contribution in [0, 0.1) is 10.1 Å². The van der Waals surface area contributed by atoms with Gasteiger partial charge in [0.05, 0.1) is 11.5 Å². The molecular weight excluding hydrogens is 218 g/mol. The van der Waals surface area contributed by atoms with Crippen LogP contribution in [0.25, 0.3) is 6.08 Å². The van der Waals surface area contributed by atoms with Gasteiger partial charge in [-0.2, -0.15) is 0 Å². The summed E-state index contributed by atoms with van der Waals surface area (Å²) in [5, 5.41) is 10.7. The monoisotopic (exact) mass is 235 g/mol. The number of hydrogen-bond donors (Lipinski definition) is 0. The van der Waals surface area contributed by atoms with Crippen molar-refractivity contribution in [2.45, 2.75) is 26.7 Å². The Morgan fingerprint density at radius 1 is 1.35 bits per heavy atom. The summed E-state index contributed by atoms with van der Waals surface area (Å²) in [4.78, 5) is 10.3. The molecule has 92 valence electrons. The van der Waals surface area contributed by atoms with Crippen molar-refractivity contribution in [1.82, 2.24) is 0 Å². The molecule has 4 heteroatoms. The molecule has 1 rings (SSSR count). The molecule has 0 spiro atoms. The maximum atomic E-state index is 10.7. The number of nitrogens with zero attached hydrogens (tertiary/aromatic N) is 1. The van der Waals surface area contributed by atoms with Gasteiger partial charge in [-0.05, 0) is 24.1 Å². The summed E-state index contributed by atoms with van der Waals surface area (Å²) in [6.45, 7) is 4.50. The van der Waals surface area contributed by atoms with E-state index >= 15 is 0 Å². The third kappa shape index (κ3) is 4.26. The lowest BCUT2D eigenvalue weighted by molar-refractivity contribution is -0.425. The highest BCUT2D eigenvalue weighted by Crippen LogP contribution is 2.16. The lowest BCUT2D eigenvalue weighted by Crippen LogP contribution is -1.97. The number of hydrogen-bond acceptors (Lipinski definition) is 3. The SMILES string of the molecule is CCCOc1ccc(/C=C(/CC)[N+](=O)[O-])cc1. The lowest BCUT2D eigenvalue weighted by Gasteiger charge is -2.04. The molecule has 0 amide bonds. The van der Waals surface area contributed by atoms with Gasteiger partial charge in [-0.15, -0.1) is 0 Å². The van der Waals surface area contributed by atoms with Crippen LogP contribution >= 0.6 is 0 Å². The lowest BCUT2D eigenvalue weighted by atomic mass is 10.1. The molecule has 4 nitrogen and oxygen atoms in total. The van der Waals surface area contributed by atoms with Gasteiger partial charge in [-0.25, -0.2) is 0 Å². The molecule has 0 atom stereocenters. The molecule has 0 bridgehead atoms. The van der Waals surface area contributed by atoms with Crippen LogP contribution in [0.5, 0.6) is 5.75 Å². The van der Waals surface area contributed by atoms with Gasteiger partial charge in [0.1, 0.15) is 5.75 Å². The first kappa shape index (κ1) is 13.2. The Labute approximate surface area is 101 Å². The Hall–Kier alpha value is -1.84. The quantitative estimate of drug-likeness (QED) is 0.560. The van der Waals surface area contributed by atoms with Crippen molar-refractivity contribution in [3.8, 4) is 5.75 Å². The van der Waals surface area contributed by atoms with Gasteiger partial charge in [0.2, 0.25) is 5.70 Å². The van der Waals surface area contributed by atoms with E-state index in [1.54, 1.807) is 13.0 Å². The molecule has 17 heavy (non-hydrogen) atoms. The molecule has 0 fully saturated rings. The molecule has 0 aliphatic carbocycles. The van der Waals surface area contributed by atoms with Crippen molar-refractivity contribution in [1.29, 1.82) is 0 Å². The summed E-state index contributed by atoms with van der Waals surface area (Å²) < 4.78 is 5.43. The molecule has 0 N–H and O–H groups in total. The minimum atomic E-state index is -0.346. The minimum Gasteiger partial charge on any atom is -0.494 e. The van der Waals surface area contributed by atoms with E-state index in [-0.39, 0.29) is 10.6 Å². The molecule has 0 radical (unpaired) electrons. The Morgan fingerprint density at radius 2 is 2.00 bits per heavy atom. The number of benzene rings is 1. The third-order valence-electron chi connectivity index (χ3n) is 2.28. The van der Waals surface area contributed by atoms with Crippen LogP contribution in [0.3, 0.4) is 0 Å². The second kappa shape index (κ2) is 6.68. The first-order valence-electron chi connectivity index (χ1n) is 5.75. The van der Waals surface area contributed by atoms with Crippen LogP contribution in [0.15, 0.2) is 30.0 Å². The maximum Gasteiger partial charge on any atom is 0.246 e. The molecule has 0 aliphatic heterocycles. The molecule has 1 aromatic carbocycles. The number of rotatable bonds is 6. The first-order valence-corrected chi connectivity index (χ1v) is 5.75. The minimum absolute atomic E-state index is 0.215. The van der Waals surface area contributed by atoms with Crippen LogP contribution in [0.2, 0.25) is 0 Å². The molecule has 0 heterocycles. The normalized spacial score (nSPS) is 11.3. The summed E-state index contributed by atoms with van der Waals surface area (Å²) in [5.41, 5.74) is 1.04. The summed E-state index contributed by atoms with van der Waals surface area (Å²) >= 11 is 0. The Balaban J connectivity index is 2.76. The van der Waals surface area contributed by atoms with Crippen molar-refractivity contribution in [2.24, 2.45) is 0 Å². The fourth-order valence-electron chi connectivity index (χ4n) is 1.36. The van der Waals surface area contributed by atoms with Crippen molar-refractivity contribution in [2.75, 3.05) is 6.61 Å². The smallest absolute Gasteiger partial charge is 0.246 e. The van der Waals surface area contributed by atoms with Crippen molar-refractivity contribution < 1.29 is 9.66 Å². The van der Waals surface area contributed by atoms with Gasteiger partial charge in [0.15, 0.2) is 0 Å². The zero-order chi connectivity index (χ0) is 12.7. The summed E-state index contributed by atoms with van der Waals surface area (Å²) in [5.74, 6) is 0.795. The summed E-state index contributed by atoms with van der Waals surface area (Å²) in [7, 11) is 0.